The van der Waals surface area contributed by atoms with E-state index in [0.717, 1.165) is 27.9 Å². The Morgan fingerprint density at radius 2 is 1.63 bits per heavy atom. The Hall–Kier alpha value is -3.08. The number of halogens is 2. The van der Waals surface area contributed by atoms with E-state index in [2.05, 4.69) is 53.1 Å². The molecule has 146 valence electrons. The number of hydrogen-bond acceptors (Lipinski definition) is 2. The Labute approximate surface area is 181 Å². The zero-order valence-corrected chi connectivity index (χ0v) is 17.8. The van der Waals surface area contributed by atoms with Gasteiger partial charge in [-0.2, -0.15) is 0 Å². The van der Waals surface area contributed by atoms with E-state index < -0.39 is 0 Å². The Morgan fingerprint density at radius 3 is 2.50 bits per heavy atom. The van der Waals surface area contributed by atoms with Gasteiger partial charge < -0.3 is 9.97 Å². The van der Waals surface area contributed by atoms with Crippen LogP contribution < -0.4 is 0 Å². The van der Waals surface area contributed by atoms with Gasteiger partial charge in [0.2, 0.25) is 0 Å². The van der Waals surface area contributed by atoms with Crippen LogP contribution in [-0.4, -0.2) is 19.9 Å². The van der Waals surface area contributed by atoms with Crippen LogP contribution in [0, 0.1) is 13.8 Å². The largest absolute Gasteiger partial charge is 0.354 e. The van der Waals surface area contributed by atoms with E-state index in [9.17, 15) is 0 Å². The molecular formula is C24H16Cl2N4. The average Bonchev–Trinajstić information content (AvgIpc) is 3.33. The van der Waals surface area contributed by atoms with Gasteiger partial charge in [0.25, 0.3) is 0 Å². The minimum Gasteiger partial charge on any atom is -0.354 e. The average molecular weight is 431 g/mol. The minimum absolute atomic E-state index is 0.501. The molecule has 0 unspecified atom stereocenters. The van der Waals surface area contributed by atoms with Crippen molar-refractivity contribution in [2.45, 2.75) is 13.8 Å². The van der Waals surface area contributed by atoms with Gasteiger partial charge in [-0.15, -0.1) is 0 Å². The molecular weight excluding hydrogens is 415 g/mol. The molecule has 6 heteroatoms. The van der Waals surface area contributed by atoms with Gasteiger partial charge in [0.1, 0.15) is 5.82 Å². The van der Waals surface area contributed by atoms with E-state index in [1.165, 1.54) is 38.2 Å². The first-order valence-electron chi connectivity index (χ1n) is 9.64. The van der Waals surface area contributed by atoms with Gasteiger partial charge in [0, 0.05) is 39.6 Å². The summed E-state index contributed by atoms with van der Waals surface area (Å²) in [6, 6.07) is 12.1. The van der Waals surface area contributed by atoms with E-state index in [1.807, 2.05) is 18.5 Å². The summed E-state index contributed by atoms with van der Waals surface area (Å²) in [5, 5.41) is 5.82. The monoisotopic (exact) mass is 430 g/mol. The number of benzene rings is 3. The van der Waals surface area contributed by atoms with Gasteiger partial charge in [-0.05, 0) is 66.8 Å². The van der Waals surface area contributed by atoms with Gasteiger partial charge >= 0.3 is 0 Å². The van der Waals surface area contributed by atoms with E-state index in [-0.39, 0.29) is 0 Å². The molecule has 2 N–H and O–H groups in total. The second-order valence-electron chi connectivity index (χ2n) is 7.68. The third kappa shape index (κ3) is 2.41. The zero-order valence-electron chi connectivity index (χ0n) is 16.3. The van der Waals surface area contributed by atoms with Crippen LogP contribution in [0.25, 0.3) is 55.0 Å². The summed E-state index contributed by atoms with van der Waals surface area (Å²) in [5.41, 5.74) is 7.40. The van der Waals surface area contributed by atoms with Crippen molar-refractivity contribution in [2.24, 2.45) is 0 Å². The van der Waals surface area contributed by atoms with Crippen LogP contribution in [-0.2, 0) is 0 Å². The van der Waals surface area contributed by atoms with Crippen LogP contribution in [0.1, 0.15) is 11.1 Å². The number of aryl methyl sites for hydroxylation is 2. The van der Waals surface area contributed by atoms with Crippen LogP contribution in [0.5, 0.6) is 0 Å². The first kappa shape index (κ1) is 17.8. The minimum atomic E-state index is 0.501. The molecule has 0 bridgehead atoms. The molecule has 0 amide bonds. The van der Waals surface area contributed by atoms with Gasteiger partial charge in [-0.25, -0.2) is 4.98 Å². The van der Waals surface area contributed by atoms with E-state index in [1.54, 1.807) is 6.07 Å². The molecule has 30 heavy (non-hydrogen) atoms. The number of nitrogens with one attached hydrogen (secondary N) is 2. The zero-order chi connectivity index (χ0) is 20.6. The van der Waals surface area contributed by atoms with E-state index in [4.69, 9.17) is 28.2 Å². The fraction of sp³-hybridized carbons (Fsp3) is 0.0833. The number of rotatable bonds is 1. The summed E-state index contributed by atoms with van der Waals surface area (Å²) in [6.07, 6.45) is 3.80. The molecule has 0 radical (unpaired) electrons. The fourth-order valence-corrected chi connectivity index (χ4v) is 4.76. The molecule has 0 aliphatic heterocycles. The molecule has 0 fully saturated rings. The second kappa shape index (κ2) is 6.21. The molecule has 3 aromatic carbocycles. The smallest absolute Gasteiger partial charge is 0.138 e. The number of nitrogens with zero attached hydrogens (tertiary/aromatic N) is 2. The van der Waals surface area contributed by atoms with Gasteiger partial charge in [-0.3, -0.25) is 4.98 Å². The summed E-state index contributed by atoms with van der Waals surface area (Å²) in [7, 11) is 0. The highest BCUT2D eigenvalue weighted by Gasteiger charge is 2.16. The van der Waals surface area contributed by atoms with Crippen LogP contribution in [0.4, 0.5) is 0 Å². The quantitative estimate of drug-likeness (QED) is 0.286. The van der Waals surface area contributed by atoms with Gasteiger partial charge in [0.05, 0.1) is 26.6 Å². The van der Waals surface area contributed by atoms with Crippen LogP contribution in [0.3, 0.4) is 0 Å². The van der Waals surface area contributed by atoms with Crippen molar-refractivity contribution < 1.29 is 0 Å². The Bertz CT molecular complexity index is 1600. The highest BCUT2D eigenvalue weighted by molar-refractivity contribution is 6.42. The van der Waals surface area contributed by atoms with Crippen LogP contribution >= 0.6 is 23.2 Å². The first-order chi connectivity index (χ1) is 14.5. The highest BCUT2D eigenvalue weighted by atomic mass is 35.5. The first-order valence-corrected chi connectivity index (χ1v) is 10.4. The molecule has 0 aliphatic carbocycles. The van der Waals surface area contributed by atoms with Gasteiger partial charge in [-0.1, -0.05) is 23.2 Å². The molecule has 0 atom stereocenters. The molecule has 0 aliphatic rings. The molecule has 0 spiro atoms. The van der Waals surface area contributed by atoms with Crippen molar-refractivity contribution in [3.8, 4) is 11.4 Å². The lowest BCUT2D eigenvalue weighted by molar-refractivity contribution is 1.34. The van der Waals surface area contributed by atoms with Crippen molar-refractivity contribution in [3.63, 3.8) is 0 Å². The van der Waals surface area contributed by atoms with Gasteiger partial charge in [0.15, 0.2) is 0 Å². The third-order valence-electron chi connectivity index (χ3n) is 5.98. The van der Waals surface area contributed by atoms with Crippen molar-refractivity contribution in [1.29, 1.82) is 0 Å². The maximum absolute atomic E-state index is 6.16. The Morgan fingerprint density at radius 1 is 0.800 bits per heavy atom. The lowest BCUT2D eigenvalue weighted by Gasteiger charge is -2.08. The molecule has 3 aromatic heterocycles. The number of hydrogen-bond donors (Lipinski definition) is 2. The Kier molecular flexibility index (Phi) is 3.67. The second-order valence-corrected chi connectivity index (χ2v) is 8.49. The predicted molar refractivity (Wildman–Crippen MR) is 126 cm³/mol. The maximum Gasteiger partial charge on any atom is 0.138 e. The topological polar surface area (TPSA) is 57.4 Å². The molecule has 0 saturated heterocycles. The maximum atomic E-state index is 6.16. The normalized spacial score (nSPS) is 12.0. The fourth-order valence-electron chi connectivity index (χ4n) is 4.44. The Balaban J connectivity index is 1.65. The molecule has 3 heterocycles. The lowest BCUT2D eigenvalue weighted by atomic mass is 9.96. The molecule has 6 aromatic rings. The van der Waals surface area contributed by atoms with Crippen LogP contribution in [0.2, 0.25) is 10.0 Å². The number of pyridine rings is 1. The standard InChI is InChI=1S/C24H16Cl2N4/c1-11-16-10-27-6-5-14(16)12(2)23-22(11)15-7-13(3-4-19(15)28-23)24-29-20-8-17(25)18(26)9-21(20)30-24/h3-10,28H,1-2H3,(H,29,30). The van der Waals surface area contributed by atoms with Crippen molar-refractivity contribution in [3.05, 3.63) is 70.0 Å². The number of fused-ring (bicyclic) bond motifs is 5. The van der Waals surface area contributed by atoms with Crippen LogP contribution in [0.15, 0.2) is 48.8 Å². The van der Waals surface area contributed by atoms with E-state index in [0.29, 0.717) is 10.0 Å². The van der Waals surface area contributed by atoms with E-state index >= 15 is 0 Å². The summed E-state index contributed by atoms with van der Waals surface area (Å²) < 4.78 is 0. The van der Waals surface area contributed by atoms with Crippen molar-refractivity contribution in [2.75, 3.05) is 0 Å². The van der Waals surface area contributed by atoms with Crippen molar-refractivity contribution >= 4 is 66.8 Å². The molecule has 0 saturated carbocycles. The lowest BCUT2D eigenvalue weighted by Crippen LogP contribution is -1.87. The number of imidazole rings is 1. The summed E-state index contributed by atoms with van der Waals surface area (Å²) in [6.45, 7) is 4.32. The third-order valence-corrected chi connectivity index (χ3v) is 6.70. The number of aromatic amines is 2. The summed E-state index contributed by atoms with van der Waals surface area (Å²) >= 11 is 12.3. The molecule has 6 rings (SSSR count). The number of aromatic nitrogens is 4. The SMILES string of the molecule is Cc1c2ccncc2c(C)c2c1[nH]c1ccc(-c3nc4cc(Cl)c(Cl)cc4[nH]3)cc12. The highest BCUT2D eigenvalue weighted by Crippen LogP contribution is 2.38. The molecule has 4 nitrogen and oxygen atoms in total. The predicted octanol–water partition coefficient (Wildman–Crippen LogP) is 7.34. The summed E-state index contributed by atoms with van der Waals surface area (Å²) in [4.78, 5) is 16.0. The number of H-pyrrole nitrogens is 2. The van der Waals surface area contributed by atoms with Crippen molar-refractivity contribution in [1.82, 2.24) is 19.9 Å². The summed E-state index contributed by atoms with van der Waals surface area (Å²) in [5.74, 6) is 0.788.